The van der Waals surface area contributed by atoms with E-state index < -0.39 is 5.60 Å². The maximum Gasteiger partial charge on any atom is 0.251 e. The Labute approximate surface area is 162 Å². The van der Waals surface area contributed by atoms with Gasteiger partial charge in [0.1, 0.15) is 11.4 Å². The minimum absolute atomic E-state index is 0.189. The number of nitrogens with zero attached hydrogens (tertiary/aromatic N) is 5. The van der Waals surface area contributed by atoms with Crippen molar-refractivity contribution in [3.63, 3.8) is 0 Å². The van der Waals surface area contributed by atoms with Gasteiger partial charge in [-0.25, -0.2) is 9.97 Å². The normalized spacial score (nSPS) is 19.0. The van der Waals surface area contributed by atoms with Crippen molar-refractivity contribution < 1.29 is 9.90 Å². The second-order valence-corrected chi connectivity index (χ2v) is 7.08. The zero-order valence-electron chi connectivity index (χ0n) is 15.4. The van der Waals surface area contributed by atoms with Crippen molar-refractivity contribution in [2.45, 2.75) is 18.6 Å². The van der Waals surface area contributed by atoms with Crippen molar-refractivity contribution in [3.05, 3.63) is 72.7 Å². The lowest BCUT2D eigenvalue weighted by molar-refractivity contribution is 0.0575. The molecule has 28 heavy (non-hydrogen) atoms. The van der Waals surface area contributed by atoms with Crippen LogP contribution in [0.15, 0.2) is 61.6 Å². The quantitative estimate of drug-likeness (QED) is 0.667. The molecule has 4 rings (SSSR count). The summed E-state index contributed by atoms with van der Waals surface area (Å²) >= 11 is 0. The molecule has 0 radical (unpaired) electrons. The summed E-state index contributed by atoms with van der Waals surface area (Å²) in [6.45, 7) is 1.92. The number of aromatic nitrogens is 4. The van der Waals surface area contributed by atoms with Crippen LogP contribution in [0.2, 0.25) is 0 Å². The van der Waals surface area contributed by atoms with Crippen LogP contribution in [0, 0.1) is 0 Å². The summed E-state index contributed by atoms with van der Waals surface area (Å²) < 4.78 is 1.94. The van der Waals surface area contributed by atoms with Crippen molar-refractivity contribution in [2.75, 3.05) is 24.5 Å². The fraction of sp³-hybridized carbons (Fsp3) is 0.300. The van der Waals surface area contributed by atoms with Gasteiger partial charge in [-0.05, 0) is 24.1 Å². The molecule has 0 aliphatic carbocycles. The Balaban J connectivity index is 1.35. The highest BCUT2D eigenvalue weighted by atomic mass is 16.3. The second kappa shape index (κ2) is 7.77. The van der Waals surface area contributed by atoms with E-state index in [0.29, 0.717) is 31.6 Å². The Bertz CT molecular complexity index is 931. The molecule has 8 nitrogen and oxygen atoms in total. The van der Waals surface area contributed by atoms with E-state index in [4.69, 9.17) is 0 Å². The van der Waals surface area contributed by atoms with Crippen LogP contribution in [0.25, 0.3) is 0 Å². The number of aliphatic hydroxyl groups is 1. The lowest BCUT2D eigenvalue weighted by Gasteiger charge is -2.24. The molecule has 1 saturated heterocycles. The first kappa shape index (κ1) is 18.1. The molecule has 0 saturated carbocycles. The largest absolute Gasteiger partial charge is 0.386 e. The molecular weight excluding hydrogens is 356 g/mol. The van der Waals surface area contributed by atoms with Crippen LogP contribution in [0.5, 0.6) is 0 Å². The molecule has 1 aliphatic rings. The summed E-state index contributed by atoms with van der Waals surface area (Å²) in [5.41, 5.74) is 0.603. The van der Waals surface area contributed by atoms with Crippen LogP contribution < -0.4 is 10.2 Å². The van der Waals surface area contributed by atoms with E-state index in [-0.39, 0.29) is 12.5 Å². The van der Waals surface area contributed by atoms with E-state index in [1.54, 1.807) is 37.2 Å². The number of β-amino-alcohol motifs (C(OH)–C–C–N with tert-alkyl or cyclic N) is 1. The number of benzene rings is 1. The number of nitrogens with one attached hydrogen (secondary N) is 1. The zero-order valence-corrected chi connectivity index (χ0v) is 15.4. The van der Waals surface area contributed by atoms with Gasteiger partial charge in [0, 0.05) is 56.5 Å². The van der Waals surface area contributed by atoms with Crippen molar-refractivity contribution in [1.82, 2.24) is 24.8 Å². The number of carbonyl (C=O) groups excluding carboxylic acids is 1. The van der Waals surface area contributed by atoms with Crippen molar-refractivity contribution in [1.29, 1.82) is 0 Å². The average Bonchev–Trinajstić information content (AvgIpc) is 3.37. The molecular formula is C20H22N6O2. The second-order valence-electron chi connectivity index (χ2n) is 7.08. The molecule has 1 aliphatic heterocycles. The van der Waals surface area contributed by atoms with Gasteiger partial charge in [0.15, 0.2) is 0 Å². The number of imidazole rings is 1. The fourth-order valence-electron chi connectivity index (χ4n) is 3.40. The number of hydrogen-bond acceptors (Lipinski definition) is 6. The molecule has 2 N–H and O–H groups in total. The summed E-state index contributed by atoms with van der Waals surface area (Å²) in [7, 11) is 0. The molecule has 2 aromatic heterocycles. The predicted octanol–water partition coefficient (Wildman–Crippen LogP) is 1.09. The van der Waals surface area contributed by atoms with E-state index in [1.807, 2.05) is 33.9 Å². The maximum atomic E-state index is 12.6. The van der Waals surface area contributed by atoms with Crippen LogP contribution in [-0.4, -0.2) is 55.8 Å². The smallest absolute Gasteiger partial charge is 0.251 e. The maximum absolute atomic E-state index is 12.6. The van der Waals surface area contributed by atoms with E-state index in [9.17, 15) is 9.90 Å². The lowest BCUT2D eigenvalue weighted by atomic mass is 10.0. The zero-order chi connectivity index (χ0) is 19.4. The topological polar surface area (TPSA) is 96.2 Å². The van der Waals surface area contributed by atoms with E-state index in [1.165, 1.54) is 0 Å². The first-order chi connectivity index (χ1) is 13.6. The van der Waals surface area contributed by atoms with Crippen LogP contribution in [0.1, 0.15) is 22.3 Å². The summed E-state index contributed by atoms with van der Waals surface area (Å²) in [6.07, 6.45) is 10.8. The summed E-state index contributed by atoms with van der Waals surface area (Å²) in [4.78, 5) is 26.9. The van der Waals surface area contributed by atoms with Crippen molar-refractivity contribution >= 4 is 11.7 Å². The molecule has 3 aromatic rings. The Kier molecular flexibility index (Phi) is 5.03. The highest BCUT2D eigenvalue weighted by Gasteiger charge is 2.37. The molecule has 1 fully saturated rings. The first-order valence-electron chi connectivity index (χ1n) is 9.18. The highest BCUT2D eigenvalue weighted by Crippen LogP contribution is 2.24. The van der Waals surface area contributed by atoms with Gasteiger partial charge >= 0.3 is 0 Å². The van der Waals surface area contributed by atoms with Crippen LogP contribution >= 0.6 is 0 Å². The van der Waals surface area contributed by atoms with Gasteiger partial charge in [-0.2, -0.15) is 0 Å². The van der Waals surface area contributed by atoms with Gasteiger partial charge in [0.25, 0.3) is 5.91 Å². The molecule has 1 aromatic carbocycles. The third kappa shape index (κ3) is 4.17. The number of carbonyl (C=O) groups is 1. The molecule has 1 amide bonds. The monoisotopic (exact) mass is 378 g/mol. The number of amides is 1. The first-order valence-corrected chi connectivity index (χ1v) is 9.18. The predicted molar refractivity (Wildman–Crippen MR) is 104 cm³/mol. The number of anilines is 1. The summed E-state index contributed by atoms with van der Waals surface area (Å²) in [5.74, 6) is 0.538. The summed E-state index contributed by atoms with van der Waals surface area (Å²) in [6, 6.07) is 7.47. The molecule has 0 bridgehead atoms. The fourth-order valence-corrected chi connectivity index (χ4v) is 3.40. The minimum Gasteiger partial charge on any atom is -0.386 e. The molecule has 0 unspecified atom stereocenters. The molecule has 8 heteroatoms. The average molecular weight is 378 g/mol. The van der Waals surface area contributed by atoms with Gasteiger partial charge in [-0.3, -0.25) is 9.78 Å². The highest BCUT2D eigenvalue weighted by molar-refractivity contribution is 5.94. The van der Waals surface area contributed by atoms with E-state index >= 15 is 0 Å². The molecule has 1 atom stereocenters. The lowest BCUT2D eigenvalue weighted by Crippen LogP contribution is -2.45. The van der Waals surface area contributed by atoms with Crippen LogP contribution in [0.3, 0.4) is 0 Å². The Morgan fingerprint density at radius 3 is 2.96 bits per heavy atom. The van der Waals surface area contributed by atoms with Gasteiger partial charge in [0.05, 0.1) is 12.5 Å². The Hall–Kier alpha value is -3.26. The minimum atomic E-state index is -0.985. The van der Waals surface area contributed by atoms with Crippen molar-refractivity contribution in [3.8, 4) is 0 Å². The standard InChI is InChI=1S/C20H22N6O2/c27-19(17-3-1-2-16(10-17)12-25-9-7-22-15-25)24-13-20(28)4-8-26(14-20)18-11-21-5-6-23-18/h1-3,5-7,9-11,15,28H,4,8,12-14H2,(H,24,27)/t20-/m1/s1. The van der Waals surface area contributed by atoms with Crippen LogP contribution in [-0.2, 0) is 6.54 Å². The van der Waals surface area contributed by atoms with Gasteiger partial charge in [-0.1, -0.05) is 12.1 Å². The Morgan fingerprint density at radius 2 is 2.18 bits per heavy atom. The SMILES string of the molecule is O=C(NC[C@]1(O)CCN(c2cnccn2)C1)c1cccc(Cn2ccnc2)c1. The molecule has 144 valence electrons. The molecule has 0 spiro atoms. The third-order valence-corrected chi connectivity index (χ3v) is 4.90. The van der Waals surface area contributed by atoms with Crippen LogP contribution in [0.4, 0.5) is 5.82 Å². The Morgan fingerprint density at radius 1 is 1.25 bits per heavy atom. The van der Waals surface area contributed by atoms with Gasteiger partial charge in [0.2, 0.25) is 0 Å². The van der Waals surface area contributed by atoms with E-state index in [2.05, 4.69) is 20.3 Å². The molecule has 3 heterocycles. The number of rotatable bonds is 6. The van der Waals surface area contributed by atoms with Gasteiger partial charge < -0.3 is 19.9 Å². The summed E-state index contributed by atoms with van der Waals surface area (Å²) in [5, 5.41) is 13.7. The number of hydrogen-bond donors (Lipinski definition) is 2. The van der Waals surface area contributed by atoms with Gasteiger partial charge in [-0.15, -0.1) is 0 Å². The third-order valence-electron chi connectivity index (χ3n) is 4.90. The van der Waals surface area contributed by atoms with E-state index in [0.717, 1.165) is 11.4 Å². The van der Waals surface area contributed by atoms with Crippen molar-refractivity contribution in [2.24, 2.45) is 0 Å².